The zero-order valence-corrected chi connectivity index (χ0v) is 19.1. The summed E-state index contributed by atoms with van der Waals surface area (Å²) >= 11 is 0. The van der Waals surface area contributed by atoms with Crippen LogP contribution in [0, 0.1) is 12.7 Å². The van der Waals surface area contributed by atoms with Gasteiger partial charge in [-0.1, -0.05) is 18.2 Å². The first kappa shape index (κ1) is 22.2. The number of aromatic nitrogens is 2. The normalized spacial score (nSPS) is 18.6. The van der Waals surface area contributed by atoms with Gasteiger partial charge in [-0.3, -0.25) is 0 Å². The van der Waals surface area contributed by atoms with Gasteiger partial charge in [0.25, 0.3) is 0 Å². The van der Waals surface area contributed by atoms with Crippen molar-refractivity contribution in [3.05, 3.63) is 82.5 Å². The van der Waals surface area contributed by atoms with Gasteiger partial charge in [-0.25, -0.2) is 17.8 Å². The summed E-state index contributed by atoms with van der Waals surface area (Å²) < 4.78 is 49.0. The monoisotopic (exact) mass is 455 g/mol. The summed E-state index contributed by atoms with van der Waals surface area (Å²) in [4.78, 5) is 4.61. The summed E-state index contributed by atoms with van der Waals surface area (Å²) in [6, 6.07) is 11.2. The number of ether oxygens (including phenoxy) is 1. The third kappa shape index (κ3) is 4.33. The Kier molecular flexibility index (Phi) is 6.17. The summed E-state index contributed by atoms with van der Waals surface area (Å²) in [6.45, 7) is 4.17. The van der Waals surface area contributed by atoms with E-state index in [1.807, 2.05) is 42.8 Å². The number of allylic oxidation sites excluding steroid dienone is 1. The number of halogens is 1. The summed E-state index contributed by atoms with van der Waals surface area (Å²) in [7, 11) is -2.07. The molecule has 0 saturated carbocycles. The van der Waals surface area contributed by atoms with Crippen LogP contribution in [0.4, 0.5) is 4.39 Å². The lowest BCUT2D eigenvalue weighted by molar-refractivity contribution is 0.330. The minimum atomic E-state index is -3.65. The minimum Gasteiger partial charge on any atom is -0.495 e. The van der Waals surface area contributed by atoms with Crippen LogP contribution in [0.2, 0.25) is 0 Å². The van der Waals surface area contributed by atoms with Crippen molar-refractivity contribution in [3.8, 4) is 11.4 Å². The number of hydrogen-bond acceptors (Lipinski definition) is 4. The van der Waals surface area contributed by atoms with E-state index >= 15 is 0 Å². The van der Waals surface area contributed by atoms with Gasteiger partial charge in [0.15, 0.2) is 0 Å². The van der Waals surface area contributed by atoms with Crippen LogP contribution < -0.4 is 4.74 Å². The zero-order valence-electron chi connectivity index (χ0n) is 18.3. The van der Waals surface area contributed by atoms with Gasteiger partial charge in [0.1, 0.15) is 11.6 Å². The van der Waals surface area contributed by atoms with Crippen LogP contribution in [-0.4, -0.2) is 35.9 Å². The van der Waals surface area contributed by atoms with Gasteiger partial charge in [-0.15, -0.1) is 0 Å². The number of nitrogens with zero attached hydrogens (tertiary/aromatic N) is 3. The van der Waals surface area contributed by atoms with Crippen molar-refractivity contribution >= 4 is 16.1 Å². The highest BCUT2D eigenvalue weighted by Crippen LogP contribution is 2.35. The molecule has 1 aliphatic heterocycles. The van der Waals surface area contributed by atoms with Gasteiger partial charge in [-0.2, -0.15) is 4.31 Å². The molecular weight excluding hydrogens is 429 g/mol. The van der Waals surface area contributed by atoms with Crippen LogP contribution in [0.1, 0.15) is 42.6 Å². The summed E-state index contributed by atoms with van der Waals surface area (Å²) in [6.07, 6.45) is 6.52. The van der Waals surface area contributed by atoms with Crippen LogP contribution in [0.25, 0.3) is 11.8 Å². The molecule has 2 aromatic carbocycles. The molecule has 1 saturated heterocycles. The molecule has 1 aromatic heterocycles. The summed E-state index contributed by atoms with van der Waals surface area (Å²) in [5, 5.41) is 0. The Balaban J connectivity index is 1.65. The second-order valence-corrected chi connectivity index (χ2v) is 9.85. The Morgan fingerprint density at radius 2 is 1.94 bits per heavy atom. The van der Waals surface area contributed by atoms with Crippen molar-refractivity contribution in [2.75, 3.05) is 13.7 Å². The van der Waals surface area contributed by atoms with Crippen LogP contribution in [0.5, 0.6) is 5.75 Å². The van der Waals surface area contributed by atoms with Crippen molar-refractivity contribution in [1.29, 1.82) is 0 Å². The van der Waals surface area contributed by atoms with Crippen molar-refractivity contribution in [2.24, 2.45) is 0 Å². The molecule has 0 spiro atoms. The highest BCUT2D eigenvalue weighted by molar-refractivity contribution is 7.93. The maximum absolute atomic E-state index is 13.4. The third-order valence-electron chi connectivity index (χ3n) is 5.75. The van der Waals surface area contributed by atoms with E-state index in [0.29, 0.717) is 23.6 Å². The highest BCUT2D eigenvalue weighted by atomic mass is 32.2. The average Bonchev–Trinajstić information content (AvgIpc) is 3.21. The number of benzene rings is 2. The van der Waals surface area contributed by atoms with E-state index < -0.39 is 10.0 Å². The second kappa shape index (κ2) is 8.88. The Labute approximate surface area is 188 Å². The standard InChI is InChI=1S/C24H26FN3O3S/c1-17-15-27(16-26-17)23-11-6-19(14-24(23)31-3)13-22-5-4-12-28(32(22,29)30)18(2)20-7-9-21(25)10-8-20/h6-11,13-16,18H,4-5,12H2,1-3H3/t18-/m1/s1. The van der Waals surface area contributed by atoms with Crippen molar-refractivity contribution in [2.45, 2.75) is 32.7 Å². The molecule has 0 unspecified atom stereocenters. The average molecular weight is 456 g/mol. The fourth-order valence-electron chi connectivity index (χ4n) is 4.00. The predicted molar refractivity (Wildman–Crippen MR) is 123 cm³/mol. The van der Waals surface area contributed by atoms with E-state index in [2.05, 4.69) is 4.98 Å². The number of imidazole rings is 1. The lowest BCUT2D eigenvalue weighted by Crippen LogP contribution is -2.38. The first-order valence-electron chi connectivity index (χ1n) is 10.5. The fraction of sp³-hybridized carbons (Fsp3) is 0.292. The Morgan fingerprint density at radius 1 is 1.19 bits per heavy atom. The molecule has 1 fully saturated rings. The van der Waals surface area contributed by atoms with Crippen LogP contribution in [-0.2, 0) is 10.0 Å². The maximum atomic E-state index is 13.4. The smallest absolute Gasteiger partial charge is 0.239 e. The zero-order chi connectivity index (χ0) is 22.9. The molecule has 0 bridgehead atoms. The number of rotatable bonds is 5. The molecule has 4 rings (SSSR count). The SMILES string of the molecule is COc1cc(C=C2CCCN([C@H](C)c3ccc(F)cc3)S2(=O)=O)ccc1-n1cnc(C)c1. The van der Waals surface area contributed by atoms with Crippen molar-refractivity contribution in [1.82, 2.24) is 13.9 Å². The quantitative estimate of drug-likeness (QED) is 0.551. The molecule has 1 atom stereocenters. The van der Waals surface area contributed by atoms with Gasteiger partial charge < -0.3 is 9.30 Å². The second-order valence-electron chi connectivity index (χ2n) is 7.91. The predicted octanol–water partition coefficient (Wildman–Crippen LogP) is 4.86. The summed E-state index contributed by atoms with van der Waals surface area (Å²) in [5.41, 5.74) is 3.23. The van der Waals surface area contributed by atoms with Gasteiger partial charge >= 0.3 is 0 Å². The molecule has 32 heavy (non-hydrogen) atoms. The first-order chi connectivity index (χ1) is 15.3. The lowest BCUT2D eigenvalue weighted by atomic mass is 10.1. The summed E-state index contributed by atoms with van der Waals surface area (Å²) in [5.74, 6) is 0.285. The van der Waals surface area contributed by atoms with Crippen LogP contribution in [0.15, 0.2) is 59.9 Å². The van der Waals surface area contributed by atoms with Crippen LogP contribution >= 0.6 is 0 Å². The fourth-order valence-corrected chi connectivity index (χ4v) is 5.90. The number of methoxy groups -OCH3 is 1. The van der Waals surface area contributed by atoms with Crippen molar-refractivity contribution < 1.29 is 17.5 Å². The maximum Gasteiger partial charge on any atom is 0.239 e. The largest absolute Gasteiger partial charge is 0.495 e. The Morgan fingerprint density at radius 3 is 2.59 bits per heavy atom. The molecule has 6 nitrogen and oxygen atoms in total. The molecule has 1 aliphatic rings. The van der Waals surface area contributed by atoms with Crippen molar-refractivity contribution in [3.63, 3.8) is 0 Å². The topological polar surface area (TPSA) is 64.4 Å². The van der Waals surface area contributed by atoms with E-state index in [1.165, 1.54) is 16.4 Å². The van der Waals surface area contributed by atoms with Gasteiger partial charge in [0, 0.05) is 18.8 Å². The van der Waals surface area contributed by atoms with E-state index in [0.717, 1.165) is 28.9 Å². The Hall–Kier alpha value is -2.97. The van der Waals surface area contributed by atoms with Gasteiger partial charge in [0.05, 0.1) is 29.7 Å². The molecular formula is C24H26FN3O3S. The Bertz CT molecular complexity index is 1250. The minimum absolute atomic E-state index is 0.341. The molecule has 2 heterocycles. The van der Waals surface area contributed by atoms with E-state index in [1.54, 1.807) is 31.6 Å². The molecule has 3 aromatic rings. The van der Waals surface area contributed by atoms with E-state index in [9.17, 15) is 12.8 Å². The molecule has 0 radical (unpaired) electrons. The molecule has 168 valence electrons. The third-order valence-corrected chi connectivity index (χ3v) is 7.85. The lowest BCUT2D eigenvalue weighted by Gasteiger charge is -2.33. The van der Waals surface area contributed by atoms with E-state index in [-0.39, 0.29) is 11.9 Å². The number of hydrogen-bond donors (Lipinski definition) is 0. The van der Waals surface area contributed by atoms with E-state index in [4.69, 9.17) is 4.74 Å². The van der Waals surface area contributed by atoms with Gasteiger partial charge in [0.2, 0.25) is 10.0 Å². The molecule has 0 aliphatic carbocycles. The number of sulfonamides is 1. The molecule has 0 N–H and O–H groups in total. The highest BCUT2D eigenvalue weighted by Gasteiger charge is 2.34. The van der Waals surface area contributed by atoms with Crippen LogP contribution in [0.3, 0.4) is 0 Å². The van der Waals surface area contributed by atoms with Gasteiger partial charge in [-0.05, 0) is 68.2 Å². The molecule has 8 heteroatoms. The molecule has 0 amide bonds. The first-order valence-corrected chi connectivity index (χ1v) is 11.9. The number of aryl methyl sites for hydroxylation is 1.